The lowest BCUT2D eigenvalue weighted by Gasteiger charge is -2.16. The maximum atomic E-state index is 12.3. The number of nitrogens with one attached hydrogen (secondary N) is 1. The van der Waals surface area contributed by atoms with Crippen LogP contribution in [0.2, 0.25) is 14.4 Å². The molecule has 0 radical (unpaired) electrons. The van der Waals surface area contributed by atoms with E-state index in [2.05, 4.69) is 5.32 Å². The van der Waals surface area contributed by atoms with Crippen molar-refractivity contribution in [1.82, 2.24) is 4.31 Å². The second-order valence-electron chi connectivity index (χ2n) is 4.49. The smallest absolute Gasteiger partial charge is 0.252 e. The van der Waals surface area contributed by atoms with Crippen molar-refractivity contribution in [1.29, 1.82) is 0 Å². The fourth-order valence-electron chi connectivity index (χ4n) is 1.66. The third-order valence-corrected chi connectivity index (χ3v) is 6.83. The molecule has 1 N–H and O–H groups in total. The van der Waals surface area contributed by atoms with Crippen LogP contribution in [-0.2, 0) is 14.8 Å². The number of benzene rings is 1. The molecule has 10 heteroatoms. The molecule has 0 aliphatic rings. The lowest BCUT2D eigenvalue weighted by molar-refractivity contribution is -0.116. The molecular formula is C13H11Cl3N2O3S2. The van der Waals surface area contributed by atoms with Gasteiger partial charge in [-0.1, -0.05) is 34.8 Å². The van der Waals surface area contributed by atoms with Crippen molar-refractivity contribution in [2.24, 2.45) is 0 Å². The van der Waals surface area contributed by atoms with Crippen LogP contribution in [0.5, 0.6) is 0 Å². The molecule has 1 aromatic heterocycles. The van der Waals surface area contributed by atoms with Gasteiger partial charge in [-0.2, -0.15) is 4.31 Å². The number of hydrogen-bond acceptors (Lipinski definition) is 4. The number of carbonyl (C=O) groups excluding carboxylic acids is 1. The summed E-state index contributed by atoms with van der Waals surface area (Å²) in [5, 5.41) is 3.24. The van der Waals surface area contributed by atoms with Crippen LogP contribution in [0.1, 0.15) is 0 Å². The van der Waals surface area contributed by atoms with Crippen molar-refractivity contribution in [3.05, 3.63) is 44.7 Å². The zero-order chi connectivity index (χ0) is 17.2. The van der Waals surface area contributed by atoms with Gasteiger partial charge in [0.25, 0.3) is 10.0 Å². The van der Waals surface area contributed by atoms with E-state index in [0.29, 0.717) is 15.0 Å². The molecule has 0 spiro atoms. The van der Waals surface area contributed by atoms with Crippen molar-refractivity contribution in [2.75, 3.05) is 18.9 Å². The van der Waals surface area contributed by atoms with Crippen LogP contribution < -0.4 is 5.32 Å². The van der Waals surface area contributed by atoms with Gasteiger partial charge in [0.1, 0.15) is 4.21 Å². The number of sulfonamides is 1. The maximum absolute atomic E-state index is 12.3. The summed E-state index contributed by atoms with van der Waals surface area (Å²) in [7, 11) is -2.46. The average Bonchev–Trinajstić information content (AvgIpc) is 2.89. The summed E-state index contributed by atoms with van der Waals surface area (Å²) in [6.45, 7) is -0.364. The Labute approximate surface area is 152 Å². The summed E-state index contributed by atoms with van der Waals surface area (Å²) >= 11 is 18.4. The number of halogens is 3. The maximum Gasteiger partial charge on any atom is 0.252 e. The molecule has 1 aromatic carbocycles. The van der Waals surface area contributed by atoms with Gasteiger partial charge < -0.3 is 5.32 Å². The van der Waals surface area contributed by atoms with Crippen molar-refractivity contribution in [3.63, 3.8) is 0 Å². The third-order valence-electron chi connectivity index (χ3n) is 2.78. The normalized spacial score (nSPS) is 11.7. The van der Waals surface area contributed by atoms with Gasteiger partial charge in [0, 0.05) is 12.1 Å². The molecule has 0 aliphatic carbocycles. The lowest BCUT2D eigenvalue weighted by Crippen LogP contribution is -2.34. The van der Waals surface area contributed by atoms with Gasteiger partial charge in [0.15, 0.2) is 0 Å². The molecule has 0 aliphatic heterocycles. The third kappa shape index (κ3) is 4.59. The van der Waals surface area contributed by atoms with Gasteiger partial charge >= 0.3 is 0 Å². The Morgan fingerprint density at radius 3 is 2.48 bits per heavy atom. The molecule has 2 aromatic rings. The van der Waals surface area contributed by atoms with E-state index in [0.717, 1.165) is 15.6 Å². The highest BCUT2D eigenvalue weighted by molar-refractivity contribution is 7.91. The van der Waals surface area contributed by atoms with Gasteiger partial charge in [-0.3, -0.25) is 4.79 Å². The van der Waals surface area contributed by atoms with E-state index in [-0.39, 0.29) is 15.8 Å². The summed E-state index contributed by atoms with van der Waals surface area (Å²) in [5.41, 5.74) is 0.353. The molecule has 5 nitrogen and oxygen atoms in total. The number of nitrogens with zero attached hydrogens (tertiary/aromatic N) is 1. The first kappa shape index (κ1) is 18.5. The van der Waals surface area contributed by atoms with Gasteiger partial charge in [-0.05, 0) is 30.3 Å². The van der Waals surface area contributed by atoms with Gasteiger partial charge in [0.2, 0.25) is 5.91 Å². The minimum atomic E-state index is -3.77. The first-order valence-electron chi connectivity index (χ1n) is 6.17. The van der Waals surface area contributed by atoms with E-state index < -0.39 is 15.9 Å². The molecule has 2 rings (SSSR count). The molecule has 1 heterocycles. The Kier molecular flexibility index (Phi) is 5.94. The summed E-state index contributed by atoms with van der Waals surface area (Å²) in [6, 6.07) is 7.47. The van der Waals surface area contributed by atoms with Crippen LogP contribution in [0.15, 0.2) is 34.5 Å². The SMILES string of the molecule is CN(CC(=O)Nc1ccc(Cl)cc1Cl)S(=O)(=O)c1ccc(Cl)s1. The minimum Gasteiger partial charge on any atom is -0.324 e. The molecule has 0 atom stereocenters. The van der Waals surface area contributed by atoms with Crippen molar-refractivity contribution in [3.8, 4) is 0 Å². The first-order chi connectivity index (χ1) is 10.7. The van der Waals surface area contributed by atoms with E-state index >= 15 is 0 Å². The molecule has 23 heavy (non-hydrogen) atoms. The molecular weight excluding hydrogens is 403 g/mol. The number of likely N-dealkylation sites (N-methyl/N-ethyl adjacent to an activating group) is 1. The van der Waals surface area contributed by atoms with Gasteiger partial charge in [-0.25, -0.2) is 8.42 Å². The van der Waals surface area contributed by atoms with Gasteiger partial charge in [-0.15, -0.1) is 11.3 Å². The lowest BCUT2D eigenvalue weighted by atomic mass is 10.3. The molecule has 1 amide bonds. The quantitative estimate of drug-likeness (QED) is 0.806. The van der Waals surface area contributed by atoms with Crippen LogP contribution in [0.25, 0.3) is 0 Å². The monoisotopic (exact) mass is 412 g/mol. The van der Waals surface area contributed by atoms with Crippen LogP contribution in [0.3, 0.4) is 0 Å². The zero-order valence-electron chi connectivity index (χ0n) is 11.7. The molecule has 124 valence electrons. The Morgan fingerprint density at radius 1 is 1.22 bits per heavy atom. The highest BCUT2D eigenvalue weighted by atomic mass is 35.5. The highest BCUT2D eigenvalue weighted by Gasteiger charge is 2.24. The Hall–Kier alpha value is -0.830. The van der Waals surface area contributed by atoms with E-state index in [1.807, 2.05) is 0 Å². The van der Waals surface area contributed by atoms with Crippen LogP contribution in [-0.4, -0.2) is 32.2 Å². The number of hydrogen-bond donors (Lipinski definition) is 1. The van der Waals surface area contributed by atoms with E-state index in [9.17, 15) is 13.2 Å². The fourth-order valence-corrected chi connectivity index (χ4v) is 4.93. The summed E-state index contributed by atoms with van der Waals surface area (Å²) in [4.78, 5) is 12.0. The van der Waals surface area contributed by atoms with Crippen LogP contribution in [0, 0.1) is 0 Å². The van der Waals surface area contributed by atoms with Gasteiger partial charge in [0.05, 0.1) is 21.6 Å². The number of carbonyl (C=O) groups is 1. The number of rotatable bonds is 5. The highest BCUT2D eigenvalue weighted by Crippen LogP contribution is 2.28. The molecule has 0 saturated carbocycles. The van der Waals surface area contributed by atoms with Crippen LogP contribution in [0.4, 0.5) is 5.69 Å². The number of thiophene rings is 1. The number of amides is 1. The molecule has 0 bridgehead atoms. The van der Waals surface area contributed by atoms with E-state index in [4.69, 9.17) is 34.8 Å². The Morgan fingerprint density at radius 2 is 1.91 bits per heavy atom. The van der Waals surface area contributed by atoms with Crippen LogP contribution >= 0.6 is 46.1 Å². The predicted molar refractivity (Wildman–Crippen MR) is 94.2 cm³/mol. The summed E-state index contributed by atoms with van der Waals surface area (Å²) < 4.78 is 26.0. The van der Waals surface area contributed by atoms with Crippen molar-refractivity contribution < 1.29 is 13.2 Å². The average molecular weight is 414 g/mol. The Bertz CT molecular complexity index is 837. The zero-order valence-corrected chi connectivity index (χ0v) is 15.6. The minimum absolute atomic E-state index is 0.0716. The number of anilines is 1. The first-order valence-corrected chi connectivity index (χ1v) is 9.56. The summed E-state index contributed by atoms with van der Waals surface area (Å²) in [5.74, 6) is -0.525. The van der Waals surface area contributed by atoms with E-state index in [1.165, 1.54) is 31.3 Å². The fraction of sp³-hybridized carbons (Fsp3) is 0.154. The van der Waals surface area contributed by atoms with E-state index in [1.54, 1.807) is 6.07 Å². The standard InChI is InChI=1S/C13H11Cl3N2O3S2/c1-18(23(20,21)13-5-4-11(16)22-13)7-12(19)17-10-3-2-8(14)6-9(10)15/h2-6H,7H2,1H3,(H,17,19). The largest absolute Gasteiger partial charge is 0.324 e. The molecule has 0 unspecified atom stereocenters. The van der Waals surface area contributed by atoms with Crippen molar-refractivity contribution in [2.45, 2.75) is 4.21 Å². The Balaban J connectivity index is 2.07. The second kappa shape index (κ2) is 7.38. The molecule has 0 saturated heterocycles. The molecule has 0 fully saturated rings. The topological polar surface area (TPSA) is 66.5 Å². The predicted octanol–water partition coefficient (Wildman–Crippen LogP) is 3.97. The second-order valence-corrected chi connectivity index (χ2v) is 9.32. The summed E-state index contributed by atoms with van der Waals surface area (Å²) in [6.07, 6.45) is 0. The van der Waals surface area contributed by atoms with Crippen molar-refractivity contribution >= 4 is 67.8 Å².